The van der Waals surface area contributed by atoms with Crippen LogP contribution in [0, 0.1) is 3.57 Å². The number of benzene rings is 1. The van der Waals surface area contributed by atoms with Crippen LogP contribution in [-0.2, 0) is 0 Å². The van der Waals surface area contributed by atoms with Crippen LogP contribution in [0.4, 0.5) is 0 Å². The van der Waals surface area contributed by atoms with Crippen molar-refractivity contribution in [3.63, 3.8) is 0 Å². The van der Waals surface area contributed by atoms with Gasteiger partial charge in [0, 0.05) is 29.2 Å². The summed E-state index contributed by atoms with van der Waals surface area (Å²) in [5.74, 6) is 1.27. The molecule has 0 aromatic heterocycles. The molecule has 20 heavy (non-hydrogen) atoms. The first-order valence-electron chi connectivity index (χ1n) is 6.51. The molecule has 0 radical (unpaired) electrons. The summed E-state index contributed by atoms with van der Waals surface area (Å²) in [4.78, 5) is 14.6. The predicted molar refractivity (Wildman–Crippen MR) is 85.6 cm³/mol. The molecular formula is C14H19IN2O3. The molecule has 1 amide bonds. The molecule has 1 N–H and O–H groups in total. The van der Waals surface area contributed by atoms with Gasteiger partial charge in [0.05, 0.1) is 19.8 Å². The number of hydrogen-bond donors (Lipinski definition) is 1. The zero-order valence-electron chi connectivity index (χ0n) is 11.9. The first kappa shape index (κ1) is 15.4. The molecule has 0 aliphatic carbocycles. The lowest BCUT2D eigenvalue weighted by Gasteiger charge is -2.34. The third-order valence-corrected chi connectivity index (χ3v) is 4.36. The smallest absolute Gasteiger partial charge is 0.255 e. The van der Waals surface area contributed by atoms with Gasteiger partial charge in [0.1, 0.15) is 0 Å². The maximum Gasteiger partial charge on any atom is 0.255 e. The van der Waals surface area contributed by atoms with Crippen LogP contribution in [0.1, 0.15) is 17.3 Å². The number of hydrogen-bond acceptors (Lipinski definition) is 4. The minimum Gasteiger partial charge on any atom is -0.493 e. The molecule has 1 aliphatic heterocycles. The molecule has 1 aliphatic rings. The van der Waals surface area contributed by atoms with Gasteiger partial charge in [0.25, 0.3) is 5.91 Å². The highest BCUT2D eigenvalue weighted by atomic mass is 127. The number of piperazine rings is 1. The van der Waals surface area contributed by atoms with E-state index in [1.54, 1.807) is 20.3 Å². The second kappa shape index (κ2) is 6.62. The van der Waals surface area contributed by atoms with Gasteiger partial charge in [-0.25, -0.2) is 0 Å². The summed E-state index contributed by atoms with van der Waals surface area (Å²) >= 11 is 2.16. The third kappa shape index (κ3) is 3.01. The van der Waals surface area contributed by atoms with Crippen molar-refractivity contribution in [2.45, 2.75) is 13.0 Å². The van der Waals surface area contributed by atoms with Crippen molar-refractivity contribution >= 4 is 28.5 Å². The lowest BCUT2D eigenvalue weighted by atomic mass is 10.1. The molecule has 1 heterocycles. The molecule has 5 nitrogen and oxygen atoms in total. The highest BCUT2D eigenvalue weighted by Crippen LogP contribution is 2.32. The summed E-state index contributed by atoms with van der Waals surface area (Å²) in [6, 6.07) is 3.79. The van der Waals surface area contributed by atoms with Crippen molar-refractivity contribution in [3.8, 4) is 11.5 Å². The minimum atomic E-state index is 0.0457. The van der Waals surface area contributed by atoms with Crippen LogP contribution in [0.3, 0.4) is 0 Å². The molecule has 0 saturated carbocycles. The highest BCUT2D eigenvalue weighted by Gasteiger charge is 2.26. The van der Waals surface area contributed by atoms with Crippen molar-refractivity contribution in [2.75, 3.05) is 33.9 Å². The van der Waals surface area contributed by atoms with Crippen LogP contribution in [0.25, 0.3) is 0 Å². The van der Waals surface area contributed by atoms with E-state index in [2.05, 4.69) is 34.8 Å². The molecule has 1 saturated heterocycles. The van der Waals surface area contributed by atoms with Gasteiger partial charge in [-0.05, 0) is 41.6 Å². The van der Waals surface area contributed by atoms with Crippen LogP contribution in [-0.4, -0.2) is 50.7 Å². The van der Waals surface area contributed by atoms with Crippen molar-refractivity contribution in [3.05, 3.63) is 21.3 Å². The Morgan fingerprint density at radius 3 is 2.60 bits per heavy atom. The standard InChI is InChI=1S/C14H19IN2O3/c1-9-8-16-4-5-17(9)14(18)10-6-12(19-2)13(20-3)7-11(10)15/h6-7,9,16H,4-5,8H2,1-3H3. The highest BCUT2D eigenvalue weighted by molar-refractivity contribution is 14.1. The van der Waals surface area contributed by atoms with Gasteiger partial charge in [-0.1, -0.05) is 0 Å². The number of carbonyl (C=O) groups excluding carboxylic acids is 1. The number of rotatable bonds is 3. The number of halogens is 1. The first-order valence-corrected chi connectivity index (χ1v) is 7.59. The van der Waals surface area contributed by atoms with Gasteiger partial charge in [-0.2, -0.15) is 0 Å². The summed E-state index contributed by atoms with van der Waals surface area (Å²) in [6.45, 7) is 4.44. The summed E-state index contributed by atoms with van der Waals surface area (Å²) in [5, 5.41) is 3.29. The summed E-state index contributed by atoms with van der Waals surface area (Å²) < 4.78 is 11.4. The van der Waals surface area contributed by atoms with E-state index in [0.717, 1.165) is 23.2 Å². The zero-order chi connectivity index (χ0) is 14.7. The Morgan fingerprint density at radius 2 is 2.00 bits per heavy atom. The SMILES string of the molecule is COc1cc(I)c(C(=O)N2CCNCC2C)cc1OC. The maximum absolute atomic E-state index is 12.7. The lowest BCUT2D eigenvalue weighted by molar-refractivity contribution is 0.0654. The Bertz CT molecular complexity index is 507. The monoisotopic (exact) mass is 390 g/mol. The van der Waals surface area contributed by atoms with Gasteiger partial charge in [0.15, 0.2) is 11.5 Å². The van der Waals surface area contributed by atoms with E-state index in [1.807, 2.05) is 11.0 Å². The summed E-state index contributed by atoms with van der Waals surface area (Å²) in [7, 11) is 3.17. The largest absolute Gasteiger partial charge is 0.493 e. The van der Waals surface area contributed by atoms with Gasteiger partial charge >= 0.3 is 0 Å². The van der Waals surface area contributed by atoms with E-state index in [0.29, 0.717) is 17.1 Å². The molecule has 2 rings (SSSR count). The molecular weight excluding hydrogens is 371 g/mol. The van der Waals surface area contributed by atoms with Crippen LogP contribution in [0.2, 0.25) is 0 Å². The molecule has 1 unspecified atom stereocenters. The molecule has 110 valence electrons. The second-order valence-corrected chi connectivity index (χ2v) is 5.90. The Kier molecular flexibility index (Phi) is 5.09. The van der Waals surface area contributed by atoms with Crippen LogP contribution in [0.5, 0.6) is 11.5 Å². The average molecular weight is 390 g/mol. The molecule has 0 bridgehead atoms. The third-order valence-electron chi connectivity index (χ3n) is 3.47. The Balaban J connectivity index is 2.34. The molecule has 0 spiro atoms. The van der Waals surface area contributed by atoms with E-state index >= 15 is 0 Å². The number of methoxy groups -OCH3 is 2. The number of carbonyl (C=O) groups is 1. The second-order valence-electron chi connectivity index (χ2n) is 4.74. The van der Waals surface area contributed by atoms with Gasteiger partial charge in [0.2, 0.25) is 0 Å². The normalized spacial score (nSPS) is 18.8. The molecule has 1 atom stereocenters. The van der Waals surface area contributed by atoms with E-state index in [4.69, 9.17) is 9.47 Å². The van der Waals surface area contributed by atoms with Crippen LogP contribution >= 0.6 is 22.6 Å². The van der Waals surface area contributed by atoms with Gasteiger partial charge in [-0.15, -0.1) is 0 Å². The van der Waals surface area contributed by atoms with E-state index in [9.17, 15) is 4.79 Å². The summed E-state index contributed by atoms with van der Waals surface area (Å²) in [6.07, 6.45) is 0. The molecule has 1 fully saturated rings. The number of nitrogens with one attached hydrogen (secondary N) is 1. The van der Waals surface area contributed by atoms with Gasteiger partial charge < -0.3 is 19.7 Å². The number of nitrogens with zero attached hydrogens (tertiary/aromatic N) is 1. The first-order chi connectivity index (χ1) is 9.58. The fourth-order valence-corrected chi connectivity index (χ4v) is 2.98. The Labute approximate surface area is 132 Å². The molecule has 1 aromatic rings. The fraction of sp³-hybridized carbons (Fsp3) is 0.500. The van der Waals surface area contributed by atoms with Crippen molar-refractivity contribution in [2.24, 2.45) is 0 Å². The number of amides is 1. The number of ether oxygens (including phenoxy) is 2. The maximum atomic E-state index is 12.7. The Hall–Kier alpha value is -1.02. The van der Waals surface area contributed by atoms with Crippen molar-refractivity contribution in [1.29, 1.82) is 0 Å². The average Bonchev–Trinajstić information content (AvgIpc) is 2.46. The van der Waals surface area contributed by atoms with E-state index in [1.165, 1.54) is 0 Å². The van der Waals surface area contributed by atoms with E-state index in [-0.39, 0.29) is 11.9 Å². The summed E-state index contributed by atoms with van der Waals surface area (Å²) in [5.41, 5.74) is 0.664. The van der Waals surface area contributed by atoms with Gasteiger partial charge in [-0.3, -0.25) is 4.79 Å². The molecule has 6 heteroatoms. The fourth-order valence-electron chi connectivity index (χ4n) is 2.32. The van der Waals surface area contributed by atoms with E-state index < -0.39 is 0 Å². The van der Waals surface area contributed by atoms with Crippen LogP contribution in [0.15, 0.2) is 12.1 Å². The quantitative estimate of drug-likeness (QED) is 0.800. The minimum absolute atomic E-state index is 0.0457. The topological polar surface area (TPSA) is 50.8 Å². The molecule has 1 aromatic carbocycles. The lowest BCUT2D eigenvalue weighted by Crippen LogP contribution is -2.52. The van der Waals surface area contributed by atoms with Crippen LogP contribution < -0.4 is 14.8 Å². The van der Waals surface area contributed by atoms with Crippen molar-refractivity contribution < 1.29 is 14.3 Å². The van der Waals surface area contributed by atoms with Crippen molar-refractivity contribution in [1.82, 2.24) is 10.2 Å². The zero-order valence-corrected chi connectivity index (χ0v) is 14.1. The Morgan fingerprint density at radius 1 is 1.35 bits per heavy atom. The predicted octanol–water partition coefficient (Wildman–Crippen LogP) is 1.74.